The fourth-order valence-electron chi connectivity index (χ4n) is 2.79. The van der Waals surface area contributed by atoms with E-state index in [9.17, 15) is 0 Å². The van der Waals surface area contributed by atoms with Crippen molar-refractivity contribution in [2.24, 2.45) is 7.05 Å². The van der Waals surface area contributed by atoms with Crippen LogP contribution in [0.1, 0.15) is 22.5 Å². The summed E-state index contributed by atoms with van der Waals surface area (Å²) in [7, 11) is 1.91. The predicted molar refractivity (Wildman–Crippen MR) is 92.6 cm³/mol. The normalized spacial score (nSPS) is 11.2. The Hall–Kier alpha value is -3.06. The maximum absolute atomic E-state index is 5.78. The SMILES string of the molecule is Cn1ccc(Cc2cnc(COCc3cccnc3)c3cn[nH]c23)n1. The van der Waals surface area contributed by atoms with E-state index in [2.05, 4.69) is 25.3 Å². The Morgan fingerprint density at radius 2 is 2.12 bits per heavy atom. The van der Waals surface area contributed by atoms with Crippen molar-refractivity contribution in [1.82, 2.24) is 29.9 Å². The molecule has 7 heteroatoms. The summed E-state index contributed by atoms with van der Waals surface area (Å²) in [6.45, 7) is 0.930. The van der Waals surface area contributed by atoms with Crippen LogP contribution >= 0.6 is 0 Å². The van der Waals surface area contributed by atoms with Crippen LogP contribution in [0.4, 0.5) is 0 Å². The highest BCUT2D eigenvalue weighted by Crippen LogP contribution is 2.21. The molecule has 0 fully saturated rings. The van der Waals surface area contributed by atoms with Crippen molar-refractivity contribution >= 4 is 10.9 Å². The minimum atomic E-state index is 0.425. The number of aryl methyl sites for hydroxylation is 1. The van der Waals surface area contributed by atoms with Gasteiger partial charge in [-0.3, -0.25) is 19.7 Å². The maximum atomic E-state index is 5.78. The third-order valence-electron chi connectivity index (χ3n) is 4.02. The second-order valence-electron chi connectivity index (χ2n) is 5.90. The fourth-order valence-corrected chi connectivity index (χ4v) is 2.79. The predicted octanol–water partition coefficient (Wildman–Crippen LogP) is 2.39. The van der Waals surface area contributed by atoms with Gasteiger partial charge in [0.05, 0.1) is 36.3 Å². The van der Waals surface area contributed by atoms with Crippen LogP contribution in [0.25, 0.3) is 10.9 Å². The van der Waals surface area contributed by atoms with Gasteiger partial charge in [0.1, 0.15) is 0 Å². The van der Waals surface area contributed by atoms with Crippen LogP contribution in [-0.2, 0) is 31.4 Å². The van der Waals surface area contributed by atoms with Crippen molar-refractivity contribution in [3.8, 4) is 0 Å². The second kappa shape index (κ2) is 6.82. The molecule has 25 heavy (non-hydrogen) atoms. The number of nitrogens with one attached hydrogen (secondary N) is 1. The number of hydrogen-bond donors (Lipinski definition) is 1. The van der Waals surface area contributed by atoms with Crippen LogP contribution in [0.3, 0.4) is 0 Å². The molecular weight excluding hydrogens is 316 g/mol. The Morgan fingerprint density at radius 1 is 1.16 bits per heavy atom. The minimum Gasteiger partial charge on any atom is -0.370 e. The fraction of sp³-hybridized carbons (Fsp3) is 0.222. The molecule has 0 saturated heterocycles. The number of pyridine rings is 2. The summed E-state index contributed by atoms with van der Waals surface area (Å²) in [6, 6.07) is 5.90. The van der Waals surface area contributed by atoms with E-state index in [0.717, 1.165) is 33.4 Å². The smallest absolute Gasteiger partial charge is 0.0899 e. The van der Waals surface area contributed by atoms with E-state index in [4.69, 9.17) is 4.74 Å². The molecule has 0 aliphatic heterocycles. The quantitative estimate of drug-likeness (QED) is 0.585. The zero-order chi connectivity index (χ0) is 17.1. The van der Waals surface area contributed by atoms with Crippen LogP contribution in [-0.4, -0.2) is 29.9 Å². The molecule has 0 amide bonds. The number of rotatable bonds is 6. The van der Waals surface area contributed by atoms with E-state index in [1.165, 1.54) is 0 Å². The second-order valence-corrected chi connectivity index (χ2v) is 5.90. The van der Waals surface area contributed by atoms with E-state index in [1.807, 2.05) is 37.6 Å². The van der Waals surface area contributed by atoms with Gasteiger partial charge in [-0.1, -0.05) is 6.07 Å². The lowest BCUT2D eigenvalue weighted by molar-refractivity contribution is 0.105. The molecule has 4 rings (SSSR count). The Morgan fingerprint density at radius 3 is 2.92 bits per heavy atom. The molecule has 126 valence electrons. The minimum absolute atomic E-state index is 0.425. The molecule has 4 aromatic rings. The summed E-state index contributed by atoms with van der Waals surface area (Å²) in [5, 5.41) is 12.7. The van der Waals surface area contributed by atoms with E-state index in [-0.39, 0.29) is 0 Å². The Kier molecular flexibility index (Phi) is 4.22. The first kappa shape index (κ1) is 15.5. The number of hydrogen-bond acceptors (Lipinski definition) is 5. The summed E-state index contributed by atoms with van der Waals surface area (Å²) in [6.07, 6.45) is 9.87. The lowest BCUT2D eigenvalue weighted by Crippen LogP contribution is -2.00. The van der Waals surface area contributed by atoms with E-state index in [1.54, 1.807) is 23.3 Å². The standard InChI is InChI=1S/C18H18N6O/c1-24-6-4-15(23-24)7-14-9-20-17(16-10-21-22-18(14)16)12-25-11-13-3-2-5-19-8-13/h2-6,8-10H,7,11-12H2,1H3,(H,21,22). The lowest BCUT2D eigenvalue weighted by Gasteiger charge is -2.07. The molecule has 0 aromatic carbocycles. The van der Waals surface area contributed by atoms with Gasteiger partial charge >= 0.3 is 0 Å². The average molecular weight is 334 g/mol. The number of ether oxygens (including phenoxy) is 1. The summed E-state index contributed by atoms with van der Waals surface area (Å²) in [5.41, 5.74) is 4.97. The molecule has 0 unspecified atom stereocenters. The summed E-state index contributed by atoms with van der Waals surface area (Å²) in [5.74, 6) is 0. The third kappa shape index (κ3) is 3.41. The molecule has 0 aliphatic rings. The van der Waals surface area contributed by atoms with Gasteiger partial charge in [0.2, 0.25) is 0 Å². The first-order chi connectivity index (χ1) is 12.3. The number of aromatic nitrogens is 6. The lowest BCUT2D eigenvalue weighted by atomic mass is 10.1. The van der Waals surface area contributed by atoms with Crippen LogP contribution in [0.5, 0.6) is 0 Å². The summed E-state index contributed by atoms with van der Waals surface area (Å²) >= 11 is 0. The molecule has 4 aromatic heterocycles. The molecule has 0 atom stereocenters. The summed E-state index contributed by atoms with van der Waals surface area (Å²) < 4.78 is 7.58. The number of aromatic amines is 1. The highest BCUT2D eigenvalue weighted by molar-refractivity contribution is 5.83. The number of fused-ring (bicyclic) bond motifs is 1. The Labute approximate surface area is 144 Å². The molecule has 0 aliphatic carbocycles. The molecule has 1 N–H and O–H groups in total. The molecule has 0 spiro atoms. The van der Waals surface area contributed by atoms with E-state index < -0.39 is 0 Å². The zero-order valence-electron chi connectivity index (χ0n) is 13.9. The van der Waals surface area contributed by atoms with Gasteiger partial charge in [0, 0.05) is 49.2 Å². The van der Waals surface area contributed by atoms with Gasteiger partial charge in [-0.25, -0.2) is 0 Å². The Balaban J connectivity index is 1.51. The van der Waals surface area contributed by atoms with Crippen molar-refractivity contribution in [1.29, 1.82) is 0 Å². The highest BCUT2D eigenvalue weighted by Gasteiger charge is 2.11. The van der Waals surface area contributed by atoms with Gasteiger partial charge in [0.15, 0.2) is 0 Å². The van der Waals surface area contributed by atoms with Crippen LogP contribution in [0, 0.1) is 0 Å². The van der Waals surface area contributed by atoms with Gasteiger partial charge in [0.25, 0.3) is 0 Å². The average Bonchev–Trinajstić information content (AvgIpc) is 3.27. The maximum Gasteiger partial charge on any atom is 0.0899 e. The van der Waals surface area contributed by atoms with Crippen LogP contribution in [0.15, 0.2) is 49.2 Å². The molecule has 0 radical (unpaired) electrons. The number of H-pyrrole nitrogens is 1. The third-order valence-corrected chi connectivity index (χ3v) is 4.02. The first-order valence-corrected chi connectivity index (χ1v) is 8.04. The topological polar surface area (TPSA) is 81.5 Å². The molecular formula is C18H18N6O. The zero-order valence-corrected chi connectivity index (χ0v) is 13.9. The monoisotopic (exact) mass is 334 g/mol. The van der Waals surface area contributed by atoms with Crippen molar-refractivity contribution in [3.63, 3.8) is 0 Å². The number of nitrogens with zero attached hydrogens (tertiary/aromatic N) is 5. The highest BCUT2D eigenvalue weighted by atomic mass is 16.5. The molecule has 0 saturated carbocycles. The van der Waals surface area contributed by atoms with Crippen LogP contribution in [0.2, 0.25) is 0 Å². The van der Waals surface area contributed by atoms with Crippen molar-refractivity contribution in [2.45, 2.75) is 19.6 Å². The molecule has 0 bridgehead atoms. The Bertz CT molecular complexity index is 976. The van der Waals surface area contributed by atoms with Crippen molar-refractivity contribution < 1.29 is 4.74 Å². The van der Waals surface area contributed by atoms with E-state index >= 15 is 0 Å². The van der Waals surface area contributed by atoms with Gasteiger partial charge in [-0.15, -0.1) is 0 Å². The van der Waals surface area contributed by atoms with Crippen molar-refractivity contribution in [2.75, 3.05) is 0 Å². The largest absolute Gasteiger partial charge is 0.370 e. The van der Waals surface area contributed by atoms with E-state index in [0.29, 0.717) is 19.6 Å². The molecule has 4 heterocycles. The first-order valence-electron chi connectivity index (χ1n) is 8.04. The van der Waals surface area contributed by atoms with Crippen LogP contribution < -0.4 is 0 Å². The van der Waals surface area contributed by atoms with Gasteiger partial charge in [-0.2, -0.15) is 10.2 Å². The molecule has 7 nitrogen and oxygen atoms in total. The summed E-state index contributed by atoms with van der Waals surface area (Å²) in [4.78, 5) is 8.66. The van der Waals surface area contributed by atoms with Gasteiger partial charge < -0.3 is 4.74 Å². The van der Waals surface area contributed by atoms with Gasteiger partial charge in [-0.05, 0) is 17.7 Å². The van der Waals surface area contributed by atoms with Crippen molar-refractivity contribution in [3.05, 3.63) is 71.7 Å².